The maximum Gasteiger partial charge on any atom is 0.217 e. The van der Waals surface area contributed by atoms with Gasteiger partial charge in [-0.15, -0.1) is 9.24 Å². The predicted molar refractivity (Wildman–Crippen MR) is 45.5 cm³/mol. The molecule has 0 aliphatic rings. The van der Waals surface area contributed by atoms with Gasteiger partial charge in [-0.25, -0.2) is 4.68 Å². The van der Waals surface area contributed by atoms with Crippen LogP contribution in [0.2, 0.25) is 0 Å². The van der Waals surface area contributed by atoms with Crippen LogP contribution in [0.3, 0.4) is 0 Å². The number of hydrogen-bond acceptors (Lipinski definition) is 4. The fourth-order valence-corrected chi connectivity index (χ4v) is 0.803. The molecule has 11 heavy (non-hydrogen) atoms. The van der Waals surface area contributed by atoms with Gasteiger partial charge >= 0.3 is 0 Å². The number of ether oxygens (including phenoxy) is 1. The first-order chi connectivity index (χ1) is 5.25. The van der Waals surface area contributed by atoms with Crippen molar-refractivity contribution in [3.8, 4) is 0 Å². The van der Waals surface area contributed by atoms with Crippen LogP contribution in [0.5, 0.6) is 0 Å². The smallest absolute Gasteiger partial charge is 0.217 e. The average Bonchev–Trinajstić information content (AvgIpc) is 2.31. The molecular formula is C4H9N4OPS. The molecule has 5 nitrogen and oxygen atoms in total. The van der Waals surface area contributed by atoms with Crippen molar-refractivity contribution in [1.82, 2.24) is 19.8 Å². The van der Waals surface area contributed by atoms with Crippen LogP contribution in [0, 0.1) is 4.77 Å². The van der Waals surface area contributed by atoms with E-state index in [0.717, 1.165) is 0 Å². The van der Waals surface area contributed by atoms with Gasteiger partial charge in [-0.05, 0) is 22.6 Å². The van der Waals surface area contributed by atoms with Crippen LogP contribution in [0.25, 0.3) is 0 Å². The van der Waals surface area contributed by atoms with Crippen LogP contribution in [0.4, 0.5) is 0 Å². The largest absolute Gasteiger partial charge is 0.355 e. The monoisotopic (exact) mass is 192 g/mol. The Labute approximate surface area is 71.5 Å². The molecule has 1 heterocycles. The molecule has 0 aliphatic heterocycles. The van der Waals surface area contributed by atoms with Crippen molar-refractivity contribution >= 4 is 21.5 Å². The molecule has 0 aliphatic carbocycles. The maximum absolute atomic E-state index is 5.06. The highest BCUT2D eigenvalue weighted by molar-refractivity contribution is 7.71. The summed E-state index contributed by atoms with van der Waals surface area (Å²) in [6.07, 6.45) is 0.568. The normalized spacial score (nSPS) is 10.4. The van der Waals surface area contributed by atoms with Crippen molar-refractivity contribution in [2.45, 2.75) is 6.73 Å². The summed E-state index contributed by atoms with van der Waals surface area (Å²) in [5.74, 6) is 0. The minimum atomic E-state index is 0.357. The van der Waals surface area contributed by atoms with Gasteiger partial charge < -0.3 is 4.74 Å². The zero-order chi connectivity index (χ0) is 8.27. The second-order valence-electron chi connectivity index (χ2n) is 1.88. The Hall–Kier alpha value is -0.320. The summed E-state index contributed by atoms with van der Waals surface area (Å²) >= 11 is 4.95. The first-order valence-corrected chi connectivity index (χ1v) is 4.23. The van der Waals surface area contributed by atoms with Gasteiger partial charge in [-0.2, -0.15) is 4.68 Å². The van der Waals surface area contributed by atoms with Crippen LogP contribution in [-0.2, 0) is 18.5 Å². The van der Waals surface area contributed by atoms with E-state index in [-0.39, 0.29) is 0 Å². The molecule has 0 saturated carbocycles. The predicted octanol–water partition coefficient (Wildman–Crippen LogP) is 0.153. The van der Waals surface area contributed by atoms with E-state index in [2.05, 4.69) is 19.7 Å². The Kier molecular flexibility index (Phi) is 3.11. The lowest BCUT2D eigenvalue weighted by Gasteiger charge is -1.97. The summed E-state index contributed by atoms with van der Waals surface area (Å²) in [6.45, 7) is 0.357. The molecular weight excluding hydrogens is 183 g/mol. The average molecular weight is 192 g/mol. The van der Waals surface area contributed by atoms with Gasteiger partial charge in [0.25, 0.3) is 0 Å². The minimum absolute atomic E-state index is 0.357. The zero-order valence-electron chi connectivity index (χ0n) is 6.10. The number of hydrogen-bond donors (Lipinski definition) is 0. The van der Waals surface area contributed by atoms with Gasteiger partial charge in [0.05, 0.1) is 6.35 Å². The van der Waals surface area contributed by atoms with E-state index in [1.54, 1.807) is 7.05 Å². The van der Waals surface area contributed by atoms with Crippen LogP contribution >= 0.6 is 21.5 Å². The molecule has 0 fully saturated rings. The molecule has 1 unspecified atom stereocenters. The summed E-state index contributed by atoms with van der Waals surface area (Å²) in [6, 6.07) is 0. The Balaban J connectivity index is 2.71. The number of nitrogens with zero attached hydrogens (tertiary/aromatic N) is 4. The Morgan fingerprint density at radius 2 is 2.36 bits per heavy atom. The Morgan fingerprint density at radius 1 is 1.64 bits per heavy atom. The molecule has 0 N–H and O–H groups in total. The van der Waals surface area contributed by atoms with Gasteiger partial charge in [-0.3, -0.25) is 0 Å². The van der Waals surface area contributed by atoms with Crippen LogP contribution in [0.15, 0.2) is 0 Å². The molecule has 1 aromatic heterocycles. The highest BCUT2D eigenvalue weighted by atomic mass is 32.1. The molecule has 0 saturated heterocycles. The minimum Gasteiger partial charge on any atom is -0.355 e. The number of aryl methyl sites for hydroxylation is 1. The molecule has 0 spiro atoms. The van der Waals surface area contributed by atoms with E-state index in [1.807, 2.05) is 0 Å². The molecule has 1 aromatic rings. The molecule has 0 amide bonds. The molecule has 1 atom stereocenters. The highest BCUT2D eigenvalue weighted by Gasteiger charge is 1.96. The van der Waals surface area contributed by atoms with Gasteiger partial charge in [0, 0.05) is 7.05 Å². The SMILES string of the molecule is Cn1nnn(COCP)c1=S. The molecule has 0 bridgehead atoms. The third-order valence-corrected chi connectivity index (χ3v) is 1.82. The van der Waals surface area contributed by atoms with E-state index < -0.39 is 0 Å². The molecule has 0 radical (unpaired) electrons. The molecule has 1 rings (SSSR count). The lowest BCUT2D eigenvalue weighted by molar-refractivity contribution is 0.104. The number of tetrazole rings is 1. The molecule has 7 heteroatoms. The van der Waals surface area contributed by atoms with Gasteiger partial charge in [0.1, 0.15) is 6.73 Å². The summed E-state index contributed by atoms with van der Waals surface area (Å²) in [7, 11) is 4.19. The fraction of sp³-hybridized carbons (Fsp3) is 0.750. The van der Waals surface area contributed by atoms with E-state index in [0.29, 0.717) is 17.8 Å². The fourth-order valence-electron chi connectivity index (χ4n) is 0.572. The van der Waals surface area contributed by atoms with Crippen LogP contribution < -0.4 is 0 Å². The van der Waals surface area contributed by atoms with Gasteiger partial charge in [0.2, 0.25) is 4.77 Å². The Bertz CT molecular complexity index is 282. The summed E-state index contributed by atoms with van der Waals surface area (Å²) in [5, 5.41) is 7.45. The number of aromatic nitrogens is 4. The first kappa shape index (κ1) is 8.77. The van der Waals surface area contributed by atoms with Crippen LogP contribution in [0.1, 0.15) is 0 Å². The summed E-state index contributed by atoms with van der Waals surface area (Å²) < 4.78 is 8.64. The van der Waals surface area contributed by atoms with Gasteiger partial charge in [0.15, 0.2) is 0 Å². The summed E-state index contributed by atoms with van der Waals surface area (Å²) in [4.78, 5) is 0. The third kappa shape index (κ3) is 2.05. The van der Waals surface area contributed by atoms with Crippen molar-refractivity contribution in [3.63, 3.8) is 0 Å². The van der Waals surface area contributed by atoms with Crippen molar-refractivity contribution in [2.75, 3.05) is 6.35 Å². The quantitative estimate of drug-likeness (QED) is 0.505. The van der Waals surface area contributed by atoms with Gasteiger partial charge in [-0.1, -0.05) is 0 Å². The first-order valence-electron chi connectivity index (χ1n) is 3.00. The van der Waals surface area contributed by atoms with E-state index in [9.17, 15) is 0 Å². The third-order valence-electron chi connectivity index (χ3n) is 1.11. The highest BCUT2D eigenvalue weighted by Crippen LogP contribution is 1.90. The van der Waals surface area contributed by atoms with E-state index in [1.165, 1.54) is 9.36 Å². The maximum atomic E-state index is 5.06. The van der Waals surface area contributed by atoms with E-state index >= 15 is 0 Å². The number of rotatable bonds is 3. The van der Waals surface area contributed by atoms with Crippen molar-refractivity contribution in [1.29, 1.82) is 0 Å². The lowest BCUT2D eigenvalue weighted by atomic mass is 11.1. The second-order valence-corrected chi connectivity index (χ2v) is 2.58. The standard InChI is InChI=1S/C4H9N4OPS/c1-7-4(11)8(6-5-7)2-9-3-10/h2-3,10H2,1H3. The van der Waals surface area contributed by atoms with Crippen molar-refractivity contribution in [3.05, 3.63) is 4.77 Å². The molecule has 62 valence electrons. The molecule has 0 aromatic carbocycles. The van der Waals surface area contributed by atoms with Crippen LogP contribution in [-0.4, -0.2) is 26.1 Å². The van der Waals surface area contributed by atoms with Crippen molar-refractivity contribution in [2.24, 2.45) is 7.05 Å². The van der Waals surface area contributed by atoms with Crippen molar-refractivity contribution < 1.29 is 4.74 Å². The summed E-state index contributed by atoms with van der Waals surface area (Å²) in [5.41, 5.74) is 0. The second kappa shape index (κ2) is 3.90. The zero-order valence-corrected chi connectivity index (χ0v) is 8.07. The Morgan fingerprint density at radius 3 is 2.82 bits per heavy atom. The lowest BCUT2D eigenvalue weighted by Crippen LogP contribution is -2.03. The van der Waals surface area contributed by atoms with E-state index in [4.69, 9.17) is 17.0 Å². The topological polar surface area (TPSA) is 44.9 Å².